The minimum atomic E-state index is 0.447. The minimum absolute atomic E-state index is 0.447. The van der Waals surface area contributed by atoms with Gasteiger partial charge in [0.15, 0.2) is 0 Å². The van der Waals surface area contributed by atoms with Crippen molar-refractivity contribution < 1.29 is 4.74 Å². The number of hydrogen-bond acceptors (Lipinski definition) is 3. The lowest BCUT2D eigenvalue weighted by Gasteiger charge is -2.34. The van der Waals surface area contributed by atoms with Crippen LogP contribution in [0.3, 0.4) is 0 Å². The number of likely N-dealkylation sites (tertiary alicyclic amines) is 1. The third-order valence-electron chi connectivity index (χ3n) is 4.97. The number of nitrogens with one attached hydrogen (secondary N) is 1. The van der Waals surface area contributed by atoms with Crippen LogP contribution in [-0.2, 0) is 4.74 Å². The van der Waals surface area contributed by atoms with E-state index in [0.29, 0.717) is 12.1 Å². The molecule has 1 saturated carbocycles. The molecule has 2 rings (SSSR count). The van der Waals surface area contributed by atoms with Gasteiger partial charge in [-0.05, 0) is 58.7 Å². The summed E-state index contributed by atoms with van der Waals surface area (Å²) in [4.78, 5) is 2.67. The molecule has 0 aromatic heterocycles. The van der Waals surface area contributed by atoms with Crippen LogP contribution in [0.5, 0.6) is 0 Å². The maximum absolute atomic E-state index is 5.59. The largest absolute Gasteiger partial charge is 0.380 e. The molecule has 112 valence electrons. The zero-order chi connectivity index (χ0) is 13.5. The molecular formula is C16H32N2O. The minimum Gasteiger partial charge on any atom is -0.380 e. The Balaban J connectivity index is 1.60. The number of ether oxygens (including phenoxy) is 1. The number of methoxy groups -OCH3 is 1. The standard InChI is InChI=1S/C16H32N2O/c1-14-8-5-6-12-18(14)13-7-11-17-15-9-3-4-10-16(15)19-2/h14-17H,3-13H2,1-2H3. The molecule has 0 bridgehead atoms. The van der Waals surface area contributed by atoms with Gasteiger partial charge in [-0.1, -0.05) is 19.3 Å². The third kappa shape index (κ3) is 4.73. The van der Waals surface area contributed by atoms with Crippen molar-refractivity contribution in [3.63, 3.8) is 0 Å². The topological polar surface area (TPSA) is 24.5 Å². The summed E-state index contributed by atoms with van der Waals surface area (Å²) < 4.78 is 5.59. The van der Waals surface area contributed by atoms with Crippen molar-refractivity contribution in [3.05, 3.63) is 0 Å². The Labute approximate surface area is 119 Å². The first-order chi connectivity index (χ1) is 9.31. The highest BCUT2D eigenvalue weighted by molar-refractivity contribution is 4.81. The average molecular weight is 268 g/mol. The second-order valence-corrected chi connectivity index (χ2v) is 6.35. The van der Waals surface area contributed by atoms with Crippen LogP contribution in [0, 0.1) is 0 Å². The van der Waals surface area contributed by atoms with Gasteiger partial charge in [-0.2, -0.15) is 0 Å². The van der Waals surface area contributed by atoms with Crippen molar-refractivity contribution in [2.24, 2.45) is 0 Å². The molecule has 1 aliphatic heterocycles. The van der Waals surface area contributed by atoms with E-state index in [1.807, 2.05) is 7.11 Å². The first kappa shape index (κ1) is 15.3. The van der Waals surface area contributed by atoms with Crippen molar-refractivity contribution in [1.29, 1.82) is 0 Å². The Morgan fingerprint density at radius 3 is 2.68 bits per heavy atom. The van der Waals surface area contributed by atoms with Gasteiger partial charge in [0.1, 0.15) is 0 Å². The molecule has 1 heterocycles. The monoisotopic (exact) mass is 268 g/mol. The van der Waals surface area contributed by atoms with Crippen LogP contribution in [0.4, 0.5) is 0 Å². The van der Waals surface area contributed by atoms with E-state index in [-0.39, 0.29) is 0 Å². The van der Waals surface area contributed by atoms with Crippen LogP contribution < -0.4 is 5.32 Å². The van der Waals surface area contributed by atoms with E-state index in [9.17, 15) is 0 Å². The first-order valence-corrected chi connectivity index (χ1v) is 8.31. The number of nitrogens with zero attached hydrogens (tertiary/aromatic N) is 1. The number of piperidine rings is 1. The molecule has 1 aliphatic carbocycles. The predicted molar refractivity (Wildman–Crippen MR) is 80.6 cm³/mol. The summed E-state index contributed by atoms with van der Waals surface area (Å²) >= 11 is 0. The van der Waals surface area contributed by atoms with E-state index in [1.165, 1.54) is 64.5 Å². The predicted octanol–water partition coefficient (Wildman–Crippen LogP) is 2.80. The van der Waals surface area contributed by atoms with E-state index >= 15 is 0 Å². The fourth-order valence-electron chi connectivity index (χ4n) is 3.67. The maximum Gasteiger partial charge on any atom is 0.0724 e. The molecule has 0 amide bonds. The van der Waals surface area contributed by atoms with Crippen LogP contribution in [0.15, 0.2) is 0 Å². The smallest absolute Gasteiger partial charge is 0.0724 e. The molecule has 2 fully saturated rings. The Morgan fingerprint density at radius 1 is 1.11 bits per heavy atom. The Bertz CT molecular complexity index is 247. The second kappa shape index (κ2) is 8.23. The average Bonchev–Trinajstić information content (AvgIpc) is 2.45. The Kier molecular flexibility index (Phi) is 6.62. The lowest BCUT2D eigenvalue weighted by Crippen LogP contribution is -2.44. The second-order valence-electron chi connectivity index (χ2n) is 6.35. The quantitative estimate of drug-likeness (QED) is 0.750. The molecule has 3 nitrogen and oxygen atoms in total. The van der Waals surface area contributed by atoms with E-state index in [2.05, 4.69) is 17.1 Å². The molecule has 0 radical (unpaired) electrons. The van der Waals surface area contributed by atoms with Gasteiger partial charge in [-0.25, -0.2) is 0 Å². The Morgan fingerprint density at radius 2 is 1.89 bits per heavy atom. The summed E-state index contributed by atoms with van der Waals surface area (Å²) in [5.41, 5.74) is 0. The lowest BCUT2D eigenvalue weighted by molar-refractivity contribution is 0.0414. The van der Waals surface area contributed by atoms with Crippen molar-refractivity contribution in [2.45, 2.75) is 76.5 Å². The number of rotatable bonds is 6. The molecule has 1 saturated heterocycles. The molecular weight excluding hydrogens is 236 g/mol. The first-order valence-electron chi connectivity index (χ1n) is 8.31. The zero-order valence-electron chi connectivity index (χ0n) is 12.9. The van der Waals surface area contributed by atoms with Gasteiger partial charge >= 0.3 is 0 Å². The molecule has 1 N–H and O–H groups in total. The highest BCUT2D eigenvalue weighted by atomic mass is 16.5. The molecule has 2 aliphatic rings. The Hall–Kier alpha value is -0.120. The van der Waals surface area contributed by atoms with Crippen molar-refractivity contribution in [3.8, 4) is 0 Å². The SMILES string of the molecule is COC1CCCCC1NCCCN1CCCCC1C. The summed E-state index contributed by atoms with van der Waals surface area (Å²) in [6.07, 6.45) is 11.2. The molecule has 3 heteroatoms. The summed E-state index contributed by atoms with van der Waals surface area (Å²) in [5.74, 6) is 0. The normalized spacial score (nSPS) is 33.5. The summed E-state index contributed by atoms with van der Waals surface area (Å²) in [6, 6.07) is 1.40. The van der Waals surface area contributed by atoms with Gasteiger partial charge in [-0.3, -0.25) is 0 Å². The number of hydrogen-bond donors (Lipinski definition) is 1. The molecule has 0 aromatic carbocycles. The van der Waals surface area contributed by atoms with E-state index < -0.39 is 0 Å². The highest BCUT2D eigenvalue weighted by Crippen LogP contribution is 2.21. The third-order valence-corrected chi connectivity index (χ3v) is 4.97. The van der Waals surface area contributed by atoms with E-state index in [1.54, 1.807) is 0 Å². The van der Waals surface area contributed by atoms with Gasteiger partial charge in [0, 0.05) is 19.2 Å². The van der Waals surface area contributed by atoms with E-state index in [4.69, 9.17) is 4.74 Å². The van der Waals surface area contributed by atoms with Crippen molar-refractivity contribution in [2.75, 3.05) is 26.7 Å². The molecule has 19 heavy (non-hydrogen) atoms. The van der Waals surface area contributed by atoms with Crippen LogP contribution in [0.25, 0.3) is 0 Å². The fourth-order valence-corrected chi connectivity index (χ4v) is 3.67. The van der Waals surface area contributed by atoms with Gasteiger partial charge in [0.2, 0.25) is 0 Å². The molecule has 3 atom stereocenters. The van der Waals surface area contributed by atoms with Gasteiger partial charge in [0.05, 0.1) is 6.10 Å². The summed E-state index contributed by atoms with van der Waals surface area (Å²) in [5, 5.41) is 3.73. The molecule has 0 spiro atoms. The fraction of sp³-hybridized carbons (Fsp3) is 1.00. The van der Waals surface area contributed by atoms with E-state index in [0.717, 1.165) is 12.6 Å². The van der Waals surface area contributed by atoms with Crippen LogP contribution in [0.1, 0.15) is 58.3 Å². The lowest BCUT2D eigenvalue weighted by atomic mass is 9.92. The van der Waals surface area contributed by atoms with Crippen LogP contribution >= 0.6 is 0 Å². The highest BCUT2D eigenvalue weighted by Gasteiger charge is 2.24. The zero-order valence-corrected chi connectivity index (χ0v) is 12.9. The maximum atomic E-state index is 5.59. The summed E-state index contributed by atoms with van der Waals surface area (Å²) in [7, 11) is 1.86. The van der Waals surface area contributed by atoms with Crippen molar-refractivity contribution in [1.82, 2.24) is 10.2 Å². The van der Waals surface area contributed by atoms with Crippen molar-refractivity contribution >= 4 is 0 Å². The van der Waals surface area contributed by atoms with Crippen LogP contribution in [0.2, 0.25) is 0 Å². The molecule has 3 unspecified atom stereocenters. The molecule has 0 aromatic rings. The van der Waals surface area contributed by atoms with Gasteiger partial charge in [-0.15, -0.1) is 0 Å². The van der Waals surface area contributed by atoms with Gasteiger partial charge in [0.25, 0.3) is 0 Å². The van der Waals surface area contributed by atoms with Gasteiger partial charge < -0.3 is 15.0 Å². The van der Waals surface area contributed by atoms with Crippen LogP contribution in [-0.4, -0.2) is 49.8 Å². The summed E-state index contributed by atoms with van der Waals surface area (Å²) in [6.45, 7) is 6.10.